The predicted octanol–water partition coefficient (Wildman–Crippen LogP) is -1.21. The van der Waals surface area contributed by atoms with Gasteiger partial charge in [-0.15, -0.1) is 0 Å². The van der Waals surface area contributed by atoms with Crippen molar-refractivity contribution < 1.29 is 4.79 Å². The first-order chi connectivity index (χ1) is 6.27. The van der Waals surface area contributed by atoms with E-state index in [9.17, 15) is 4.79 Å². The second-order valence-electron chi connectivity index (χ2n) is 2.67. The summed E-state index contributed by atoms with van der Waals surface area (Å²) in [6.07, 6.45) is 4.96. The van der Waals surface area contributed by atoms with Gasteiger partial charge >= 0.3 is 6.03 Å². The minimum absolute atomic E-state index is 0.284. The Balaban J connectivity index is 2.55. The summed E-state index contributed by atoms with van der Waals surface area (Å²) in [5.41, 5.74) is 5.10. The molecule has 0 radical (unpaired) electrons. The highest BCUT2D eigenvalue weighted by molar-refractivity contribution is 5.76. The van der Waals surface area contributed by atoms with Crippen molar-refractivity contribution in [1.82, 2.24) is 9.88 Å². The second-order valence-corrected chi connectivity index (χ2v) is 2.67. The maximum absolute atomic E-state index is 10.8. The summed E-state index contributed by atoms with van der Waals surface area (Å²) in [6, 6.07) is 1.29. The molecule has 0 spiro atoms. The van der Waals surface area contributed by atoms with Gasteiger partial charge in [-0.05, 0) is 6.07 Å². The van der Waals surface area contributed by atoms with Crippen LogP contribution in [0.2, 0.25) is 0 Å². The Morgan fingerprint density at radius 3 is 3.23 bits per heavy atom. The third-order valence-corrected chi connectivity index (χ3v) is 1.80. The van der Waals surface area contributed by atoms with Crippen molar-refractivity contribution in [1.29, 1.82) is 0 Å². The number of urea groups is 1. The molecule has 0 aromatic carbocycles. The summed E-state index contributed by atoms with van der Waals surface area (Å²) >= 11 is 0. The number of carbonyl (C=O) groups is 1. The standard InChI is InChI=1S/C8H8N4O/c9-8(13)12-4-6-3-10-2-1-7(6)11-5-12/h1-4H,5H2,(H2,9,13). The smallest absolute Gasteiger partial charge is 0.320 e. The fourth-order valence-electron chi connectivity index (χ4n) is 1.14. The van der Waals surface area contributed by atoms with Crippen molar-refractivity contribution in [2.45, 2.75) is 0 Å². The van der Waals surface area contributed by atoms with Crippen molar-refractivity contribution in [2.24, 2.45) is 10.7 Å². The summed E-state index contributed by atoms with van der Waals surface area (Å²) in [4.78, 5) is 20.2. The minimum Gasteiger partial charge on any atom is -0.351 e. The number of nitrogens with two attached hydrogens (primary N) is 1. The molecular formula is C8H8N4O. The van der Waals surface area contributed by atoms with Gasteiger partial charge in [-0.3, -0.25) is 14.9 Å². The molecule has 13 heavy (non-hydrogen) atoms. The average Bonchev–Trinajstić information content (AvgIpc) is 2.17. The van der Waals surface area contributed by atoms with E-state index in [0.717, 1.165) is 10.6 Å². The molecule has 2 amide bonds. The number of pyridine rings is 1. The van der Waals surface area contributed by atoms with E-state index in [-0.39, 0.29) is 6.67 Å². The zero-order valence-corrected chi connectivity index (χ0v) is 6.84. The maximum Gasteiger partial charge on any atom is 0.320 e. The molecule has 5 nitrogen and oxygen atoms in total. The first-order valence-corrected chi connectivity index (χ1v) is 3.80. The lowest BCUT2D eigenvalue weighted by Gasteiger charge is -2.14. The second kappa shape index (κ2) is 2.85. The van der Waals surface area contributed by atoms with Crippen LogP contribution in [0.5, 0.6) is 0 Å². The molecule has 1 aromatic heterocycles. The highest BCUT2D eigenvalue weighted by Crippen LogP contribution is 1.90. The summed E-state index contributed by atoms with van der Waals surface area (Å²) in [5, 5.41) is 1.65. The molecule has 2 heterocycles. The molecule has 0 saturated carbocycles. The lowest BCUT2D eigenvalue weighted by atomic mass is 10.3. The number of rotatable bonds is 0. The van der Waals surface area contributed by atoms with Gasteiger partial charge in [0.1, 0.15) is 6.67 Å². The highest BCUT2D eigenvalue weighted by atomic mass is 16.2. The number of aromatic nitrogens is 1. The number of carbonyl (C=O) groups excluding carboxylic acids is 1. The summed E-state index contributed by atoms with van der Waals surface area (Å²) in [7, 11) is 0. The van der Waals surface area contributed by atoms with Gasteiger partial charge in [0, 0.05) is 23.8 Å². The van der Waals surface area contributed by atoms with Gasteiger partial charge in [-0.25, -0.2) is 4.79 Å². The third-order valence-electron chi connectivity index (χ3n) is 1.80. The topological polar surface area (TPSA) is 71.6 Å². The van der Waals surface area contributed by atoms with Gasteiger partial charge in [-0.2, -0.15) is 0 Å². The van der Waals surface area contributed by atoms with Crippen molar-refractivity contribution in [3.8, 4) is 0 Å². The molecule has 2 N–H and O–H groups in total. The Bertz CT molecular complexity index is 453. The van der Waals surface area contributed by atoms with Gasteiger partial charge in [-0.1, -0.05) is 0 Å². The lowest BCUT2D eigenvalue weighted by molar-refractivity contribution is 0.229. The fraction of sp³-hybridized carbons (Fsp3) is 0.125. The molecule has 5 heteroatoms. The Hall–Kier alpha value is -1.91. The van der Waals surface area contributed by atoms with E-state index in [0.29, 0.717) is 0 Å². The van der Waals surface area contributed by atoms with Crippen molar-refractivity contribution in [3.05, 3.63) is 29.0 Å². The predicted molar refractivity (Wildman–Crippen MR) is 45.8 cm³/mol. The van der Waals surface area contributed by atoms with Crippen LogP contribution >= 0.6 is 0 Å². The SMILES string of the molecule is NC(=O)N1C=c2cnccc2=NC1. The molecule has 66 valence electrons. The number of amides is 2. The van der Waals surface area contributed by atoms with Crippen LogP contribution in [0.4, 0.5) is 4.79 Å². The summed E-state index contributed by atoms with van der Waals surface area (Å²) in [6.45, 7) is 0.284. The van der Waals surface area contributed by atoms with Crippen LogP contribution in [0.25, 0.3) is 6.20 Å². The van der Waals surface area contributed by atoms with Gasteiger partial charge in [0.05, 0.1) is 5.36 Å². The summed E-state index contributed by atoms with van der Waals surface area (Å²) in [5.74, 6) is 0. The van der Waals surface area contributed by atoms with Crippen LogP contribution in [0.1, 0.15) is 0 Å². The van der Waals surface area contributed by atoms with E-state index in [1.807, 2.05) is 0 Å². The average molecular weight is 176 g/mol. The normalized spacial score (nSPS) is 14.0. The fourth-order valence-corrected chi connectivity index (χ4v) is 1.14. The van der Waals surface area contributed by atoms with Gasteiger partial charge in [0.25, 0.3) is 0 Å². The molecule has 1 aromatic rings. The number of primary amides is 1. The highest BCUT2D eigenvalue weighted by Gasteiger charge is 2.07. The first-order valence-electron chi connectivity index (χ1n) is 3.80. The Morgan fingerprint density at radius 2 is 2.46 bits per heavy atom. The van der Waals surface area contributed by atoms with E-state index in [1.54, 1.807) is 24.7 Å². The van der Waals surface area contributed by atoms with Crippen molar-refractivity contribution >= 4 is 12.2 Å². The molecule has 0 fully saturated rings. The van der Waals surface area contributed by atoms with E-state index in [1.165, 1.54) is 4.90 Å². The molecule has 0 aliphatic carbocycles. The molecule has 1 aliphatic rings. The van der Waals surface area contributed by atoms with Crippen LogP contribution in [-0.2, 0) is 0 Å². The number of hydrogen-bond donors (Lipinski definition) is 1. The van der Waals surface area contributed by atoms with E-state index in [2.05, 4.69) is 9.98 Å². The largest absolute Gasteiger partial charge is 0.351 e. The van der Waals surface area contributed by atoms with Crippen LogP contribution < -0.4 is 16.3 Å². The summed E-state index contributed by atoms with van der Waals surface area (Å²) < 4.78 is 0. The monoisotopic (exact) mass is 176 g/mol. The van der Waals surface area contributed by atoms with E-state index in [4.69, 9.17) is 5.73 Å². The Kier molecular flexibility index (Phi) is 1.70. The molecular weight excluding hydrogens is 168 g/mol. The van der Waals surface area contributed by atoms with E-state index >= 15 is 0 Å². The number of fused-ring (bicyclic) bond motifs is 1. The van der Waals surface area contributed by atoms with E-state index < -0.39 is 6.03 Å². The van der Waals surface area contributed by atoms with Gasteiger partial charge in [0.2, 0.25) is 0 Å². The van der Waals surface area contributed by atoms with Gasteiger partial charge in [0.15, 0.2) is 0 Å². The van der Waals surface area contributed by atoms with Crippen molar-refractivity contribution in [2.75, 3.05) is 6.67 Å². The molecule has 2 rings (SSSR count). The quantitative estimate of drug-likeness (QED) is 0.538. The van der Waals surface area contributed by atoms with Gasteiger partial charge < -0.3 is 5.73 Å². The minimum atomic E-state index is -0.502. The van der Waals surface area contributed by atoms with Crippen LogP contribution in [0.3, 0.4) is 0 Å². The molecule has 1 aliphatic heterocycles. The van der Waals surface area contributed by atoms with Crippen molar-refractivity contribution in [3.63, 3.8) is 0 Å². The third kappa shape index (κ3) is 1.35. The lowest BCUT2D eigenvalue weighted by Crippen LogP contribution is -2.41. The number of hydrogen-bond acceptors (Lipinski definition) is 3. The number of nitrogens with zero attached hydrogens (tertiary/aromatic N) is 3. The molecule has 0 bridgehead atoms. The zero-order valence-electron chi connectivity index (χ0n) is 6.84. The van der Waals surface area contributed by atoms with Crippen LogP contribution in [0, 0.1) is 0 Å². The molecule has 0 atom stereocenters. The van der Waals surface area contributed by atoms with Crippen LogP contribution in [0.15, 0.2) is 23.5 Å². The Labute approximate surface area is 74.2 Å². The van der Waals surface area contributed by atoms with Crippen LogP contribution in [-0.4, -0.2) is 22.6 Å². The molecule has 0 unspecified atom stereocenters. The molecule has 0 saturated heterocycles. The zero-order chi connectivity index (χ0) is 9.26. The first kappa shape index (κ1) is 7.72. The maximum atomic E-state index is 10.8. The Morgan fingerprint density at radius 1 is 1.62 bits per heavy atom.